The molecule has 136 valence electrons. The van der Waals surface area contributed by atoms with Crippen LogP contribution >= 0.6 is 0 Å². The van der Waals surface area contributed by atoms with Crippen LogP contribution in [0.3, 0.4) is 0 Å². The van der Waals surface area contributed by atoms with Gasteiger partial charge in [-0.15, -0.1) is 0 Å². The molecule has 0 aliphatic carbocycles. The third-order valence-corrected chi connectivity index (χ3v) is 3.84. The van der Waals surface area contributed by atoms with E-state index in [1.54, 1.807) is 36.5 Å². The molecule has 0 aliphatic rings. The van der Waals surface area contributed by atoms with E-state index in [9.17, 15) is 9.59 Å². The second-order valence-corrected chi connectivity index (χ2v) is 5.95. The maximum atomic E-state index is 12.3. The first-order valence-electron chi connectivity index (χ1n) is 8.34. The number of rotatable bonds is 5. The fourth-order valence-electron chi connectivity index (χ4n) is 2.53. The maximum absolute atomic E-state index is 12.3. The molecular weight excluding hydrogens is 342 g/mol. The minimum atomic E-state index is -0.403. The van der Waals surface area contributed by atoms with Gasteiger partial charge in [0.1, 0.15) is 5.69 Å². The topological polar surface area (TPSA) is 80.3 Å². The van der Waals surface area contributed by atoms with Crippen molar-refractivity contribution in [3.63, 3.8) is 0 Å². The van der Waals surface area contributed by atoms with Gasteiger partial charge in [0.25, 0.3) is 5.91 Å². The van der Waals surface area contributed by atoms with Gasteiger partial charge in [0, 0.05) is 11.4 Å². The van der Waals surface area contributed by atoms with E-state index in [-0.39, 0.29) is 5.91 Å². The molecule has 0 saturated carbocycles. The van der Waals surface area contributed by atoms with Crippen LogP contribution in [-0.2, 0) is 4.74 Å². The molecule has 0 fully saturated rings. The largest absolute Gasteiger partial charge is 0.465 e. The lowest BCUT2D eigenvalue weighted by Crippen LogP contribution is -2.13. The number of hydrogen-bond acceptors (Lipinski definition) is 5. The van der Waals surface area contributed by atoms with Gasteiger partial charge < -0.3 is 15.4 Å². The quantitative estimate of drug-likeness (QED) is 0.667. The highest BCUT2D eigenvalue weighted by atomic mass is 16.5. The summed E-state index contributed by atoms with van der Waals surface area (Å²) in [7, 11) is 1.34. The Balaban J connectivity index is 1.68. The van der Waals surface area contributed by atoms with Gasteiger partial charge in [-0.2, -0.15) is 0 Å². The zero-order valence-corrected chi connectivity index (χ0v) is 15.0. The summed E-state index contributed by atoms with van der Waals surface area (Å²) in [5.74, 6) is -0.681. The number of ether oxygens (including phenoxy) is 1. The molecule has 0 saturated heterocycles. The molecule has 1 amide bonds. The van der Waals surface area contributed by atoms with E-state index in [1.807, 2.05) is 37.3 Å². The SMILES string of the molecule is COC(=O)c1cccc(Nc2ccc(C(=O)Nc3cccc(C)c3)nc2)c1. The minimum Gasteiger partial charge on any atom is -0.465 e. The van der Waals surface area contributed by atoms with E-state index in [0.29, 0.717) is 16.9 Å². The lowest BCUT2D eigenvalue weighted by molar-refractivity contribution is 0.0600. The molecule has 1 heterocycles. The van der Waals surface area contributed by atoms with Crippen molar-refractivity contribution in [1.29, 1.82) is 0 Å². The van der Waals surface area contributed by atoms with E-state index in [1.165, 1.54) is 7.11 Å². The molecule has 2 N–H and O–H groups in total. The number of aromatic nitrogens is 1. The van der Waals surface area contributed by atoms with Crippen molar-refractivity contribution in [3.05, 3.63) is 83.7 Å². The summed E-state index contributed by atoms with van der Waals surface area (Å²) >= 11 is 0. The van der Waals surface area contributed by atoms with Crippen LogP contribution in [-0.4, -0.2) is 24.0 Å². The molecule has 0 aliphatic heterocycles. The second-order valence-electron chi connectivity index (χ2n) is 5.95. The summed E-state index contributed by atoms with van der Waals surface area (Å²) in [4.78, 5) is 28.1. The van der Waals surface area contributed by atoms with Crippen molar-refractivity contribution >= 4 is 28.9 Å². The number of benzene rings is 2. The predicted molar refractivity (Wildman–Crippen MR) is 104 cm³/mol. The number of aryl methyl sites for hydroxylation is 1. The van der Waals surface area contributed by atoms with Crippen LogP contribution in [0.15, 0.2) is 66.9 Å². The fourth-order valence-corrected chi connectivity index (χ4v) is 2.53. The summed E-state index contributed by atoms with van der Waals surface area (Å²) in [6.45, 7) is 1.96. The van der Waals surface area contributed by atoms with Gasteiger partial charge in [0.15, 0.2) is 0 Å². The number of hydrogen-bond donors (Lipinski definition) is 2. The molecule has 2 aromatic carbocycles. The summed E-state index contributed by atoms with van der Waals surface area (Å²) in [6.07, 6.45) is 1.57. The van der Waals surface area contributed by atoms with Gasteiger partial charge in [-0.05, 0) is 55.0 Å². The van der Waals surface area contributed by atoms with Crippen LogP contribution in [0.4, 0.5) is 17.1 Å². The Morgan fingerprint density at radius 1 is 0.926 bits per heavy atom. The normalized spacial score (nSPS) is 10.1. The molecule has 27 heavy (non-hydrogen) atoms. The molecule has 0 radical (unpaired) electrons. The molecule has 6 nitrogen and oxygen atoms in total. The van der Waals surface area contributed by atoms with Crippen LogP contribution in [0.1, 0.15) is 26.4 Å². The number of methoxy groups -OCH3 is 1. The third-order valence-electron chi connectivity index (χ3n) is 3.84. The highest BCUT2D eigenvalue weighted by Crippen LogP contribution is 2.18. The van der Waals surface area contributed by atoms with Crippen molar-refractivity contribution < 1.29 is 14.3 Å². The number of carbonyl (C=O) groups is 2. The second kappa shape index (κ2) is 8.14. The monoisotopic (exact) mass is 361 g/mol. The Morgan fingerprint density at radius 3 is 2.41 bits per heavy atom. The molecule has 0 unspecified atom stereocenters. The fraction of sp³-hybridized carbons (Fsp3) is 0.0952. The van der Waals surface area contributed by atoms with E-state index in [0.717, 1.165) is 16.9 Å². The zero-order valence-electron chi connectivity index (χ0n) is 15.0. The molecule has 1 aromatic heterocycles. The van der Waals surface area contributed by atoms with Crippen LogP contribution < -0.4 is 10.6 Å². The van der Waals surface area contributed by atoms with Crippen LogP contribution in [0.5, 0.6) is 0 Å². The number of pyridine rings is 1. The highest BCUT2D eigenvalue weighted by molar-refractivity contribution is 6.03. The van der Waals surface area contributed by atoms with Crippen LogP contribution in [0.2, 0.25) is 0 Å². The average molecular weight is 361 g/mol. The van der Waals surface area contributed by atoms with Gasteiger partial charge >= 0.3 is 5.97 Å². The number of anilines is 3. The minimum absolute atomic E-state index is 0.278. The Hall–Kier alpha value is -3.67. The standard InChI is InChI=1S/C21H19N3O3/c1-14-5-3-7-16(11-14)24-20(25)19-10-9-18(13-22-19)23-17-8-4-6-15(12-17)21(26)27-2/h3-13,23H,1-2H3,(H,24,25). The van der Waals surface area contributed by atoms with Crippen molar-refractivity contribution in [2.24, 2.45) is 0 Å². The van der Waals surface area contributed by atoms with E-state index in [4.69, 9.17) is 4.74 Å². The van der Waals surface area contributed by atoms with Gasteiger partial charge in [-0.25, -0.2) is 9.78 Å². The lowest BCUT2D eigenvalue weighted by atomic mass is 10.2. The Morgan fingerprint density at radius 2 is 1.70 bits per heavy atom. The first-order chi connectivity index (χ1) is 13.0. The Bertz CT molecular complexity index is 968. The van der Waals surface area contributed by atoms with Crippen molar-refractivity contribution in [1.82, 2.24) is 4.98 Å². The highest BCUT2D eigenvalue weighted by Gasteiger charge is 2.09. The Kier molecular flexibility index (Phi) is 5.47. The first kappa shape index (κ1) is 18.1. The summed E-state index contributed by atoms with van der Waals surface area (Å²) in [5, 5.41) is 5.97. The molecule has 0 spiro atoms. The van der Waals surface area contributed by atoms with E-state index < -0.39 is 5.97 Å². The number of nitrogens with zero attached hydrogens (tertiary/aromatic N) is 1. The molecule has 3 aromatic rings. The smallest absolute Gasteiger partial charge is 0.337 e. The van der Waals surface area contributed by atoms with Gasteiger partial charge in [-0.1, -0.05) is 18.2 Å². The lowest BCUT2D eigenvalue weighted by Gasteiger charge is -2.09. The van der Waals surface area contributed by atoms with Gasteiger partial charge in [0.2, 0.25) is 0 Å². The molecule has 3 rings (SSSR count). The van der Waals surface area contributed by atoms with Gasteiger partial charge in [-0.3, -0.25) is 4.79 Å². The summed E-state index contributed by atoms with van der Waals surface area (Å²) in [6, 6.07) is 17.9. The van der Waals surface area contributed by atoms with Crippen molar-refractivity contribution in [3.8, 4) is 0 Å². The van der Waals surface area contributed by atoms with Crippen LogP contribution in [0.25, 0.3) is 0 Å². The van der Waals surface area contributed by atoms with Crippen molar-refractivity contribution in [2.45, 2.75) is 6.92 Å². The molecule has 0 bridgehead atoms. The predicted octanol–water partition coefficient (Wildman–Crippen LogP) is 4.17. The summed E-state index contributed by atoms with van der Waals surface area (Å²) < 4.78 is 4.72. The van der Waals surface area contributed by atoms with Gasteiger partial charge in [0.05, 0.1) is 24.6 Å². The first-order valence-corrected chi connectivity index (χ1v) is 8.34. The third kappa shape index (κ3) is 4.70. The zero-order chi connectivity index (χ0) is 19.2. The van der Waals surface area contributed by atoms with Crippen LogP contribution in [0, 0.1) is 6.92 Å². The number of esters is 1. The van der Waals surface area contributed by atoms with Crippen molar-refractivity contribution in [2.75, 3.05) is 17.7 Å². The van der Waals surface area contributed by atoms with E-state index in [2.05, 4.69) is 15.6 Å². The molecule has 6 heteroatoms. The number of carbonyl (C=O) groups excluding carboxylic acids is 2. The summed E-state index contributed by atoms with van der Waals surface area (Å²) in [5.41, 5.74) is 3.97. The number of amides is 1. The maximum Gasteiger partial charge on any atom is 0.337 e. The molecular formula is C21H19N3O3. The van der Waals surface area contributed by atoms with E-state index >= 15 is 0 Å². The molecule has 0 atom stereocenters. The number of nitrogens with one attached hydrogen (secondary N) is 2. The Labute approximate surface area is 157 Å². The average Bonchev–Trinajstić information content (AvgIpc) is 2.68.